The van der Waals surface area contributed by atoms with Gasteiger partial charge in [0.15, 0.2) is 0 Å². The van der Waals surface area contributed by atoms with Crippen LogP contribution in [0.4, 0.5) is 11.4 Å². The number of hydrogen-bond donors (Lipinski definition) is 1. The summed E-state index contributed by atoms with van der Waals surface area (Å²) in [5, 5.41) is 11.0. The first-order chi connectivity index (χ1) is 13.2. The number of carbonyl (C=O) groups is 1. The quantitative estimate of drug-likeness (QED) is 0.344. The summed E-state index contributed by atoms with van der Waals surface area (Å²) < 4.78 is 6.27. The Morgan fingerprint density at radius 1 is 0.926 bits per heavy atom. The number of thiocarbonyl (C=S) groups is 1. The lowest BCUT2D eigenvalue weighted by atomic mass is 10.1. The Morgan fingerprint density at radius 3 is 2.30 bits per heavy atom. The number of nitrogens with zero attached hydrogens (tertiary/aromatic N) is 2. The molecule has 0 atom stereocenters. The van der Waals surface area contributed by atoms with Crippen molar-refractivity contribution in [2.24, 2.45) is 10.2 Å². The summed E-state index contributed by atoms with van der Waals surface area (Å²) in [7, 11) is 0. The average molecular weight is 391 g/mol. The second-order valence-electron chi connectivity index (χ2n) is 5.64. The number of hydrogen-bond acceptors (Lipinski definition) is 6. The van der Waals surface area contributed by atoms with Crippen LogP contribution in [-0.4, -0.2) is 10.2 Å². The highest BCUT2D eigenvalue weighted by atomic mass is 32.2. The molecule has 3 aromatic rings. The summed E-state index contributed by atoms with van der Waals surface area (Å²) in [5.41, 5.74) is 2.47. The van der Waals surface area contributed by atoms with Gasteiger partial charge >= 0.3 is 0 Å². The molecule has 1 saturated heterocycles. The maximum absolute atomic E-state index is 11.7. The molecular weight excluding hydrogens is 378 g/mol. The molecule has 7 heteroatoms. The normalized spacial score (nSPS) is 15.6. The monoisotopic (exact) mass is 391 g/mol. The van der Waals surface area contributed by atoms with Crippen LogP contribution in [0.3, 0.4) is 0 Å². The fourth-order valence-corrected chi connectivity index (χ4v) is 3.46. The van der Waals surface area contributed by atoms with Gasteiger partial charge < -0.3 is 9.73 Å². The van der Waals surface area contributed by atoms with Crippen LogP contribution < -0.4 is 5.32 Å². The van der Waals surface area contributed by atoms with Gasteiger partial charge in [-0.2, -0.15) is 10.2 Å². The highest BCUT2D eigenvalue weighted by molar-refractivity contribution is 8.26. The van der Waals surface area contributed by atoms with Crippen molar-refractivity contribution in [3.63, 3.8) is 0 Å². The van der Waals surface area contributed by atoms with Gasteiger partial charge in [0.1, 0.15) is 15.8 Å². The molecule has 27 heavy (non-hydrogen) atoms. The number of thioether (sulfide) groups is 1. The van der Waals surface area contributed by atoms with E-state index < -0.39 is 0 Å². The third kappa shape index (κ3) is 4.21. The number of carbonyl (C=O) groups excluding carboxylic acids is 1. The third-order valence-corrected chi connectivity index (χ3v) is 4.89. The molecule has 0 saturated carbocycles. The smallest absolute Gasteiger partial charge is 0.263 e. The van der Waals surface area contributed by atoms with Crippen LogP contribution in [0.2, 0.25) is 0 Å². The van der Waals surface area contributed by atoms with Crippen molar-refractivity contribution in [1.29, 1.82) is 0 Å². The second kappa shape index (κ2) is 7.69. The summed E-state index contributed by atoms with van der Waals surface area (Å²) in [5.74, 6) is 1.11. The van der Waals surface area contributed by atoms with Gasteiger partial charge in [-0.25, -0.2) is 0 Å². The maximum Gasteiger partial charge on any atom is 0.263 e. The standard InChI is InChI=1S/C20H13N3O2S2/c24-19-18(27-20(26)21-19)12-16-10-11-17(25-16)13-6-8-15(9-7-13)23-22-14-4-2-1-3-5-14/h1-12H,(H,21,24,26)/b18-12-,23-22?. The van der Waals surface area contributed by atoms with Crippen LogP contribution in [0.5, 0.6) is 0 Å². The zero-order chi connectivity index (χ0) is 18.6. The zero-order valence-electron chi connectivity index (χ0n) is 14.0. The Balaban J connectivity index is 1.49. The summed E-state index contributed by atoms with van der Waals surface area (Å²) in [6, 6.07) is 20.8. The Labute approximate surface area is 165 Å². The molecule has 5 nitrogen and oxygen atoms in total. The molecular formula is C20H13N3O2S2. The lowest BCUT2D eigenvalue weighted by Gasteiger charge is -1.98. The van der Waals surface area contributed by atoms with Crippen molar-refractivity contribution in [3.05, 3.63) is 77.4 Å². The molecule has 132 valence electrons. The van der Waals surface area contributed by atoms with Crippen molar-refractivity contribution in [1.82, 2.24) is 5.32 Å². The predicted molar refractivity (Wildman–Crippen MR) is 111 cm³/mol. The molecule has 0 bridgehead atoms. The van der Waals surface area contributed by atoms with E-state index in [0.29, 0.717) is 20.7 Å². The molecule has 1 aliphatic rings. The minimum atomic E-state index is -0.198. The van der Waals surface area contributed by atoms with E-state index in [9.17, 15) is 4.79 Å². The lowest BCUT2D eigenvalue weighted by Crippen LogP contribution is -2.17. The van der Waals surface area contributed by atoms with Gasteiger partial charge in [0, 0.05) is 11.6 Å². The summed E-state index contributed by atoms with van der Waals surface area (Å²) >= 11 is 6.21. The van der Waals surface area contributed by atoms with E-state index in [-0.39, 0.29) is 5.91 Å². The van der Waals surface area contributed by atoms with Gasteiger partial charge in [0.05, 0.1) is 16.3 Å². The Hall–Kier alpha value is -3.03. The van der Waals surface area contributed by atoms with Gasteiger partial charge in [0.25, 0.3) is 5.91 Å². The molecule has 4 rings (SSSR count). The minimum Gasteiger partial charge on any atom is -0.457 e. The fraction of sp³-hybridized carbons (Fsp3) is 0. The lowest BCUT2D eigenvalue weighted by molar-refractivity contribution is -0.115. The topological polar surface area (TPSA) is 67.0 Å². The van der Waals surface area contributed by atoms with E-state index in [1.54, 1.807) is 6.08 Å². The number of benzene rings is 2. The number of rotatable bonds is 4. The van der Waals surface area contributed by atoms with Crippen LogP contribution in [0.25, 0.3) is 17.4 Å². The Kier molecular flexibility index (Phi) is 4.95. The van der Waals surface area contributed by atoms with Crippen molar-refractivity contribution in [3.8, 4) is 11.3 Å². The minimum absolute atomic E-state index is 0.198. The molecule has 1 amide bonds. The largest absolute Gasteiger partial charge is 0.457 e. The van der Waals surface area contributed by atoms with Gasteiger partial charge in [-0.05, 0) is 48.5 Å². The van der Waals surface area contributed by atoms with E-state index in [1.807, 2.05) is 66.7 Å². The molecule has 0 unspecified atom stereocenters. The second-order valence-corrected chi connectivity index (χ2v) is 7.36. The predicted octanol–water partition coefficient (Wildman–Crippen LogP) is 5.85. The van der Waals surface area contributed by atoms with Crippen molar-refractivity contribution < 1.29 is 9.21 Å². The van der Waals surface area contributed by atoms with Crippen LogP contribution >= 0.6 is 24.0 Å². The van der Waals surface area contributed by atoms with Gasteiger partial charge in [-0.1, -0.05) is 42.2 Å². The van der Waals surface area contributed by atoms with E-state index in [0.717, 1.165) is 16.9 Å². The maximum atomic E-state index is 11.7. The number of azo groups is 1. The first-order valence-electron chi connectivity index (χ1n) is 8.09. The molecule has 0 spiro atoms. The Morgan fingerprint density at radius 2 is 1.63 bits per heavy atom. The third-order valence-electron chi connectivity index (χ3n) is 3.73. The van der Waals surface area contributed by atoms with Crippen LogP contribution in [0.1, 0.15) is 5.76 Å². The number of amides is 1. The Bertz CT molecular complexity index is 1050. The van der Waals surface area contributed by atoms with Crippen molar-refractivity contribution in [2.75, 3.05) is 0 Å². The van der Waals surface area contributed by atoms with Gasteiger partial charge in [-0.3, -0.25) is 4.79 Å². The summed E-state index contributed by atoms with van der Waals surface area (Å²) in [6.07, 6.45) is 1.69. The molecule has 1 N–H and O–H groups in total. The van der Waals surface area contributed by atoms with Gasteiger partial charge in [0.2, 0.25) is 0 Å². The van der Waals surface area contributed by atoms with Crippen LogP contribution in [-0.2, 0) is 4.79 Å². The van der Waals surface area contributed by atoms with Crippen molar-refractivity contribution in [2.45, 2.75) is 0 Å². The average Bonchev–Trinajstić information content (AvgIpc) is 3.28. The SMILES string of the molecule is O=C1NC(=S)S/C1=C\c1ccc(-c2ccc(N=Nc3ccccc3)cc2)o1. The molecule has 1 aliphatic heterocycles. The molecule has 0 aliphatic carbocycles. The molecule has 2 aromatic carbocycles. The van der Waals surface area contributed by atoms with E-state index in [2.05, 4.69) is 15.5 Å². The first-order valence-corrected chi connectivity index (χ1v) is 9.32. The molecule has 1 aromatic heterocycles. The van der Waals surface area contributed by atoms with E-state index in [1.165, 1.54) is 11.8 Å². The molecule has 1 fully saturated rings. The number of furan rings is 1. The summed E-state index contributed by atoms with van der Waals surface area (Å²) in [4.78, 5) is 12.2. The molecule has 2 heterocycles. The van der Waals surface area contributed by atoms with E-state index >= 15 is 0 Å². The highest BCUT2D eigenvalue weighted by Gasteiger charge is 2.22. The van der Waals surface area contributed by atoms with Crippen molar-refractivity contribution >= 4 is 51.7 Å². The van der Waals surface area contributed by atoms with Crippen LogP contribution in [0.15, 0.2) is 86.3 Å². The van der Waals surface area contributed by atoms with E-state index in [4.69, 9.17) is 16.6 Å². The molecule has 0 radical (unpaired) electrons. The first kappa shape index (κ1) is 17.4. The fourth-order valence-electron chi connectivity index (χ4n) is 2.44. The van der Waals surface area contributed by atoms with Gasteiger partial charge in [-0.15, -0.1) is 0 Å². The zero-order valence-corrected chi connectivity index (χ0v) is 15.6. The van der Waals surface area contributed by atoms with Crippen LogP contribution in [0, 0.1) is 0 Å². The number of nitrogens with one attached hydrogen (secondary N) is 1. The summed E-state index contributed by atoms with van der Waals surface area (Å²) in [6.45, 7) is 0. The highest BCUT2D eigenvalue weighted by Crippen LogP contribution is 2.29.